The molecule has 2 aromatic carbocycles. The molecule has 2 unspecified atom stereocenters. The van der Waals surface area contributed by atoms with Crippen molar-refractivity contribution >= 4 is 23.2 Å². The predicted octanol–water partition coefficient (Wildman–Crippen LogP) is 5.35. The van der Waals surface area contributed by atoms with E-state index in [2.05, 4.69) is 0 Å². The van der Waals surface area contributed by atoms with Crippen LogP contribution in [0.3, 0.4) is 0 Å². The highest BCUT2D eigenvalue weighted by Crippen LogP contribution is 2.45. The zero-order chi connectivity index (χ0) is 18.3. The van der Waals surface area contributed by atoms with E-state index in [9.17, 15) is 9.59 Å². The minimum absolute atomic E-state index is 0.0493. The molecule has 0 spiro atoms. The Balaban J connectivity index is 1.69. The molecule has 0 N–H and O–H groups in total. The minimum atomic E-state index is -0.620. The van der Waals surface area contributed by atoms with Crippen molar-refractivity contribution < 1.29 is 14.3 Å². The van der Waals surface area contributed by atoms with Crippen LogP contribution in [0.15, 0.2) is 42.5 Å². The number of carbonyl (C=O) groups excluding carboxylic acids is 2. The molecule has 0 aromatic heterocycles. The standard InChI is InChI=1S/C22H21ClO3/c1-2-13-5-8-18(26-17-9-6-16(23)7-10-17)12-19(13)20-21(24)14-3-4-15(11-14)22(20)25/h5-10,12,14-15,20H,2-4,11H2,1H3. The van der Waals surface area contributed by atoms with Crippen LogP contribution in [0.4, 0.5) is 0 Å². The van der Waals surface area contributed by atoms with Crippen molar-refractivity contribution in [3.8, 4) is 11.5 Å². The Morgan fingerprint density at radius 1 is 0.962 bits per heavy atom. The average Bonchev–Trinajstić information content (AvgIpc) is 3.10. The van der Waals surface area contributed by atoms with E-state index in [4.69, 9.17) is 16.3 Å². The third kappa shape index (κ3) is 3.05. The van der Waals surface area contributed by atoms with Crippen LogP contribution < -0.4 is 4.74 Å². The van der Waals surface area contributed by atoms with Gasteiger partial charge in [0.1, 0.15) is 17.4 Å². The van der Waals surface area contributed by atoms with Gasteiger partial charge in [-0.15, -0.1) is 0 Å². The van der Waals surface area contributed by atoms with Gasteiger partial charge in [-0.1, -0.05) is 24.6 Å². The zero-order valence-corrected chi connectivity index (χ0v) is 15.5. The Labute approximate surface area is 158 Å². The summed E-state index contributed by atoms with van der Waals surface area (Å²) < 4.78 is 5.92. The molecule has 4 heteroatoms. The van der Waals surface area contributed by atoms with Crippen molar-refractivity contribution in [2.24, 2.45) is 11.8 Å². The number of ketones is 2. The van der Waals surface area contributed by atoms with E-state index in [0.29, 0.717) is 16.5 Å². The summed E-state index contributed by atoms with van der Waals surface area (Å²) in [6, 6.07) is 12.9. The van der Waals surface area contributed by atoms with Crippen LogP contribution in [-0.4, -0.2) is 11.6 Å². The summed E-state index contributed by atoms with van der Waals surface area (Å²) in [5.74, 6) is 0.986. The van der Waals surface area contributed by atoms with Gasteiger partial charge in [0.05, 0.1) is 0 Å². The highest BCUT2D eigenvalue weighted by atomic mass is 35.5. The van der Waals surface area contributed by atoms with Gasteiger partial charge in [-0.3, -0.25) is 9.59 Å². The Morgan fingerprint density at radius 3 is 2.19 bits per heavy atom. The quantitative estimate of drug-likeness (QED) is 0.683. The molecular formula is C22H21ClO3. The van der Waals surface area contributed by atoms with Crippen LogP contribution in [0.1, 0.15) is 43.2 Å². The molecule has 2 saturated carbocycles. The number of carbonyl (C=O) groups is 2. The SMILES string of the molecule is CCc1ccc(Oc2ccc(Cl)cc2)cc1C1C(=O)C2CCC(C2)C1=O. The molecule has 134 valence electrons. The van der Waals surface area contributed by atoms with Gasteiger partial charge in [0, 0.05) is 16.9 Å². The van der Waals surface area contributed by atoms with Gasteiger partial charge in [-0.2, -0.15) is 0 Å². The molecule has 2 fully saturated rings. The molecule has 0 radical (unpaired) electrons. The van der Waals surface area contributed by atoms with Gasteiger partial charge >= 0.3 is 0 Å². The lowest BCUT2D eigenvalue weighted by molar-refractivity contribution is -0.135. The fourth-order valence-electron chi connectivity index (χ4n) is 4.28. The first-order chi connectivity index (χ1) is 12.6. The number of benzene rings is 2. The lowest BCUT2D eigenvalue weighted by atomic mass is 9.74. The van der Waals surface area contributed by atoms with E-state index in [-0.39, 0.29) is 23.4 Å². The molecule has 26 heavy (non-hydrogen) atoms. The summed E-state index contributed by atoms with van der Waals surface area (Å²) in [7, 11) is 0. The monoisotopic (exact) mass is 368 g/mol. The second kappa shape index (κ2) is 6.88. The molecule has 3 nitrogen and oxygen atoms in total. The summed E-state index contributed by atoms with van der Waals surface area (Å²) >= 11 is 5.92. The highest BCUT2D eigenvalue weighted by Gasteiger charge is 2.47. The minimum Gasteiger partial charge on any atom is -0.457 e. The van der Waals surface area contributed by atoms with Gasteiger partial charge in [0.15, 0.2) is 11.6 Å². The molecule has 2 aliphatic carbocycles. The van der Waals surface area contributed by atoms with Crippen LogP contribution in [0, 0.1) is 11.8 Å². The highest BCUT2D eigenvalue weighted by molar-refractivity contribution is 6.30. The normalized spacial score (nSPS) is 24.8. The van der Waals surface area contributed by atoms with E-state index in [1.807, 2.05) is 25.1 Å². The number of rotatable bonds is 4. The number of aryl methyl sites for hydroxylation is 1. The summed E-state index contributed by atoms with van der Waals surface area (Å²) in [4.78, 5) is 25.8. The second-order valence-electron chi connectivity index (χ2n) is 7.21. The van der Waals surface area contributed by atoms with Crippen molar-refractivity contribution in [3.63, 3.8) is 0 Å². The van der Waals surface area contributed by atoms with Gasteiger partial charge in [-0.25, -0.2) is 0 Å². The number of Topliss-reactive ketones (excluding diaryl/α,β-unsaturated/α-hetero) is 2. The van der Waals surface area contributed by atoms with Crippen LogP contribution >= 0.6 is 11.6 Å². The fourth-order valence-corrected chi connectivity index (χ4v) is 4.41. The number of ether oxygens (including phenoxy) is 1. The molecule has 0 heterocycles. The molecule has 2 aliphatic rings. The Hall–Kier alpha value is -2.13. The van der Waals surface area contributed by atoms with E-state index < -0.39 is 5.92 Å². The summed E-state index contributed by atoms with van der Waals surface area (Å²) in [5.41, 5.74) is 1.87. The lowest BCUT2D eigenvalue weighted by Gasteiger charge is -2.27. The molecule has 2 atom stereocenters. The lowest BCUT2D eigenvalue weighted by Crippen LogP contribution is -2.35. The first kappa shape index (κ1) is 17.3. The van der Waals surface area contributed by atoms with Gasteiger partial charge in [0.25, 0.3) is 0 Å². The van der Waals surface area contributed by atoms with E-state index in [1.54, 1.807) is 24.3 Å². The number of fused-ring (bicyclic) bond motifs is 2. The van der Waals surface area contributed by atoms with Crippen LogP contribution in [0.5, 0.6) is 11.5 Å². The predicted molar refractivity (Wildman–Crippen MR) is 101 cm³/mol. The van der Waals surface area contributed by atoms with Crippen LogP contribution in [0.25, 0.3) is 0 Å². The molecule has 2 aromatic rings. The van der Waals surface area contributed by atoms with Crippen molar-refractivity contribution in [1.29, 1.82) is 0 Å². The maximum Gasteiger partial charge on any atom is 0.150 e. The smallest absolute Gasteiger partial charge is 0.150 e. The second-order valence-corrected chi connectivity index (χ2v) is 7.65. The maximum atomic E-state index is 12.9. The van der Waals surface area contributed by atoms with Gasteiger partial charge < -0.3 is 4.74 Å². The zero-order valence-electron chi connectivity index (χ0n) is 14.7. The Kier molecular flexibility index (Phi) is 4.58. The van der Waals surface area contributed by atoms with Crippen molar-refractivity contribution in [3.05, 3.63) is 58.6 Å². The van der Waals surface area contributed by atoms with Crippen molar-refractivity contribution in [2.75, 3.05) is 0 Å². The third-order valence-electron chi connectivity index (χ3n) is 5.66. The maximum absolute atomic E-state index is 12.9. The number of hydrogen-bond donors (Lipinski definition) is 0. The first-order valence-corrected chi connectivity index (χ1v) is 9.58. The summed E-state index contributed by atoms with van der Waals surface area (Å²) in [5, 5.41) is 0.647. The molecule has 0 amide bonds. The summed E-state index contributed by atoms with van der Waals surface area (Å²) in [6.07, 6.45) is 3.24. The van der Waals surface area contributed by atoms with E-state index in [1.165, 1.54) is 0 Å². The third-order valence-corrected chi connectivity index (χ3v) is 5.92. The van der Waals surface area contributed by atoms with Gasteiger partial charge in [0.2, 0.25) is 0 Å². The number of hydrogen-bond acceptors (Lipinski definition) is 3. The molecule has 4 rings (SSSR count). The first-order valence-electron chi connectivity index (χ1n) is 9.20. The Bertz CT molecular complexity index is 834. The topological polar surface area (TPSA) is 43.4 Å². The van der Waals surface area contributed by atoms with E-state index in [0.717, 1.165) is 36.8 Å². The Morgan fingerprint density at radius 2 is 1.58 bits per heavy atom. The molecule has 0 aliphatic heterocycles. The van der Waals surface area contributed by atoms with Crippen molar-refractivity contribution in [2.45, 2.75) is 38.5 Å². The van der Waals surface area contributed by atoms with E-state index >= 15 is 0 Å². The molecule has 2 bridgehead atoms. The van der Waals surface area contributed by atoms with Crippen LogP contribution in [0.2, 0.25) is 5.02 Å². The van der Waals surface area contributed by atoms with Gasteiger partial charge in [-0.05, 0) is 73.2 Å². The molecular weight excluding hydrogens is 348 g/mol. The van der Waals surface area contributed by atoms with Crippen LogP contribution in [-0.2, 0) is 16.0 Å². The molecule has 0 saturated heterocycles. The fraction of sp³-hybridized carbons (Fsp3) is 0.364. The number of halogens is 1. The largest absolute Gasteiger partial charge is 0.457 e. The summed E-state index contributed by atoms with van der Waals surface area (Å²) in [6.45, 7) is 2.05. The van der Waals surface area contributed by atoms with Crippen molar-refractivity contribution in [1.82, 2.24) is 0 Å². The average molecular weight is 369 g/mol.